The number of nitrogens with one attached hydrogen (secondary N) is 1. The molecule has 3 fully saturated rings. The second kappa shape index (κ2) is 12.1. The summed E-state index contributed by atoms with van der Waals surface area (Å²) in [5.41, 5.74) is 1.06. The lowest BCUT2D eigenvalue weighted by atomic mass is 9.85. The highest BCUT2D eigenvalue weighted by Crippen LogP contribution is 2.39. The molecule has 35 heavy (non-hydrogen) atoms. The number of carbonyl (C=O) groups is 2. The summed E-state index contributed by atoms with van der Waals surface area (Å²) in [5, 5.41) is 3.11. The van der Waals surface area contributed by atoms with Crippen LogP contribution in [-0.2, 0) is 20.7 Å². The van der Waals surface area contributed by atoms with E-state index in [0.29, 0.717) is 23.8 Å². The molecule has 1 saturated carbocycles. The molecule has 0 radical (unpaired) electrons. The van der Waals surface area contributed by atoms with Gasteiger partial charge in [-0.15, -0.1) is 0 Å². The van der Waals surface area contributed by atoms with Gasteiger partial charge in [0.05, 0.1) is 27.4 Å². The standard InChI is InChI=1S/C27H40N2O6/c1-32-21-16-18(17-22(33-2)24(21)34-3)10-9-14-28-26(31)20-13-7-8-15-29(20)27-25(35-27)23(30)19-11-5-4-6-12-19/h16-17,19-20,25,27H,4-15H2,1-3H3,(H,28,31)/t20-,25?,27?/m0/s1. The lowest BCUT2D eigenvalue weighted by Gasteiger charge is -2.33. The minimum Gasteiger partial charge on any atom is -0.493 e. The van der Waals surface area contributed by atoms with Crippen molar-refractivity contribution in [3.8, 4) is 17.2 Å². The van der Waals surface area contributed by atoms with Crippen molar-refractivity contribution in [3.63, 3.8) is 0 Å². The van der Waals surface area contributed by atoms with Crippen molar-refractivity contribution in [2.45, 2.75) is 82.6 Å². The fourth-order valence-corrected chi connectivity index (χ4v) is 5.63. The van der Waals surface area contributed by atoms with Gasteiger partial charge in [0.25, 0.3) is 0 Å². The number of methoxy groups -OCH3 is 3. The Kier molecular flexibility index (Phi) is 8.89. The Morgan fingerprint density at radius 2 is 1.66 bits per heavy atom. The summed E-state index contributed by atoms with van der Waals surface area (Å²) in [4.78, 5) is 28.1. The molecule has 0 bridgehead atoms. The van der Waals surface area contributed by atoms with E-state index in [2.05, 4.69) is 10.2 Å². The maximum Gasteiger partial charge on any atom is 0.237 e. The predicted octanol–water partition coefficient (Wildman–Crippen LogP) is 3.49. The molecule has 2 unspecified atom stereocenters. The lowest BCUT2D eigenvalue weighted by Crippen LogP contribution is -2.51. The van der Waals surface area contributed by atoms with Crippen LogP contribution in [0.15, 0.2) is 12.1 Å². The number of hydrogen-bond donors (Lipinski definition) is 1. The topological polar surface area (TPSA) is 89.6 Å². The van der Waals surface area contributed by atoms with Gasteiger partial charge in [-0.3, -0.25) is 14.5 Å². The Hall–Kier alpha value is -2.32. The van der Waals surface area contributed by atoms with Gasteiger partial charge in [0, 0.05) is 19.0 Å². The molecule has 0 aromatic heterocycles. The summed E-state index contributed by atoms with van der Waals surface area (Å²) >= 11 is 0. The first-order valence-corrected chi connectivity index (χ1v) is 13.1. The largest absolute Gasteiger partial charge is 0.493 e. The minimum absolute atomic E-state index is 0.0361. The van der Waals surface area contributed by atoms with Gasteiger partial charge in [-0.25, -0.2) is 0 Å². The molecule has 2 aliphatic heterocycles. The van der Waals surface area contributed by atoms with Crippen molar-refractivity contribution in [2.24, 2.45) is 5.92 Å². The maximum atomic E-state index is 13.1. The highest BCUT2D eigenvalue weighted by Gasteiger charge is 2.53. The van der Waals surface area contributed by atoms with Gasteiger partial charge in [0.2, 0.25) is 11.7 Å². The van der Waals surface area contributed by atoms with Crippen LogP contribution in [0.3, 0.4) is 0 Å². The number of likely N-dealkylation sites (tertiary alicyclic amines) is 1. The van der Waals surface area contributed by atoms with Gasteiger partial charge in [-0.1, -0.05) is 25.7 Å². The number of carbonyl (C=O) groups excluding carboxylic acids is 2. The SMILES string of the molecule is COc1cc(CCCNC(=O)[C@@H]2CCCCN2C2OC2C(=O)C2CCCCC2)cc(OC)c1OC. The predicted molar refractivity (Wildman–Crippen MR) is 132 cm³/mol. The number of rotatable bonds is 11. The summed E-state index contributed by atoms with van der Waals surface area (Å²) in [6, 6.07) is 3.67. The van der Waals surface area contributed by atoms with Crippen molar-refractivity contribution in [3.05, 3.63) is 17.7 Å². The molecule has 2 saturated heterocycles. The number of Topliss-reactive ketones (excluding diaryl/α,β-unsaturated/α-hetero) is 1. The zero-order valence-electron chi connectivity index (χ0n) is 21.3. The number of amides is 1. The van der Waals surface area contributed by atoms with Crippen LogP contribution >= 0.6 is 0 Å². The fourth-order valence-electron chi connectivity index (χ4n) is 5.63. The Morgan fingerprint density at radius 1 is 0.971 bits per heavy atom. The van der Waals surface area contributed by atoms with E-state index in [-0.39, 0.29) is 36.0 Å². The van der Waals surface area contributed by atoms with Crippen LogP contribution < -0.4 is 19.5 Å². The fraction of sp³-hybridized carbons (Fsp3) is 0.704. The monoisotopic (exact) mass is 488 g/mol. The summed E-state index contributed by atoms with van der Waals surface area (Å²) in [6.45, 7) is 1.39. The summed E-state index contributed by atoms with van der Waals surface area (Å²) < 4.78 is 22.1. The first-order chi connectivity index (χ1) is 17.1. The van der Waals surface area contributed by atoms with E-state index in [1.165, 1.54) is 6.42 Å². The van der Waals surface area contributed by atoms with E-state index >= 15 is 0 Å². The molecule has 194 valence electrons. The Labute approximate surface area is 208 Å². The van der Waals surface area contributed by atoms with Gasteiger partial charge in [0.15, 0.2) is 23.4 Å². The van der Waals surface area contributed by atoms with Crippen molar-refractivity contribution < 1.29 is 28.5 Å². The molecule has 3 atom stereocenters. The van der Waals surface area contributed by atoms with Crippen molar-refractivity contribution in [2.75, 3.05) is 34.4 Å². The Bertz CT molecular complexity index is 859. The van der Waals surface area contributed by atoms with E-state index in [1.807, 2.05) is 12.1 Å². The number of aryl methyl sites for hydroxylation is 1. The van der Waals surface area contributed by atoms with E-state index in [0.717, 1.165) is 69.9 Å². The van der Waals surface area contributed by atoms with E-state index in [9.17, 15) is 9.59 Å². The third kappa shape index (κ3) is 6.09. The van der Waals surface area contributed by atoms with Crippen molar-refractivity contribution >= 4 is 11.7 Å². The van der Waals surface area contributed by atoms with Gasteiger partial charge in [0.1, 0.15) is 6.23 Å². The molecule has 1 aliphatic carbocycles. The summed E-state index contributed by atoms with van der Waals surface area (Å²) in [5.74, 6) is 2.27. The molecule has 4 rings (SSSR count). The molecule has 1 aromatic rings. The van der Waals surface area contributed by atoms with Crippen LogP contribution in [0.2, 0.25) is 0 Å². The molecule has 8 nitrogen and oxygen atoms in total. The number of nitrogens with zero attached hydrogens (tertiary/aromatic N) is 1. The normalized spacial score (nSPS) is 25.1. The third-order valence-corrected chi connectivity index (χ3v) is 7.60. The Morgan fingerprint density at radius 3 is 2.31 bits per heavy atom. The van der Waals surface area contributed by atoms with Gasteiger partial charge >= 0.3 is 0 Å². The van der Waals surface area contributed by atoms with E-state index in [4.69, 9.17) is 18.9 Å². The maximum absolute atomic E-state index is 13.1. The molecule has 3 aliphatic rings. The third-order valence-electron chi connectivity index (χ3n) is 7.60. The first kappa shape index (κ1) is 25.8. The molecule has 1 amide bonds. The molecule has 1 aromatic carbocycles. The highest BCUT2D eigenvalue weighted by molar-refractivity contribution is 5.88. The van der Waals surface area contributed by atoms with E-state index in [1.54, 1.807) is 21.3 Å². The number of ketones is 1. The zero-order chi connectivity index (χ0) is 24.8. The van der Waals surface area contributed by atoms with Gasteiger partial charge in [-0.2, -0.15) is 0 Å². The van der Waals surface area contributed by atoms with Crippen LogP contribution in [0.4, 0.5) is 0 Å². The second-order valence-corrected chi connectivity index (χ2v) is 9.86. The van der Waals surface area contributed by atoms with Crippen LogP contribution in [0.1, 0.15) is 63.4 Å². The van der Waals surface area contributed by atoms with Crippen molar-refractivity contribution in [1.82, 2.24) is 10.2 Å². The van der Waals surface area contributed by atoms with E-state index < -0.39 is 0 Å². The first-order valence-electron chi connectivity index (χ1n) is 13.1. The minimum atomic E-state index is -0.341. The smallest absolute Gasteiger partial charge is 0.237 e. The zero-order valence-corrected chi connectivity index (χ0v) is 21.3. The summed E-state index contributed by atoms with van der Waals surface area (Å²) in [6.07, 6.45) is 9.35. The second-order valence-electron chi connectivity index (χ2n) is 9.86. The van der Waals surface area contributed by atoms with Gasteiger partial charge in [-0.05, 0) is 56.2 Å². The molecular formula is C27H40N2O6. The van der Waals surface area contributed by atoms with Crippen LogP contribution in [-0.4, -0.2) is 69.4 Å². The van der Waals surface area contributed by atoms with Crippen LogP contribution in [0, 0.1) is 5.92 Å². The number of hydrogen-bond acceptors (Lipinski definition) is 7. The number of epoxide rings is 1. The number of benzene rings is 1. The van der Waals surface area contributed by atoms with Crippen LogP contribution in [0.5, 0.6) is 17.2 Å². The lowest BCUT2D eigenvalue weighted by molar-refractivity contribution is -0.129. The van der Waals surface area contributed by atoms with Gasteiger partial charge < -0.3 is 24.3 Å². The number of piperidine rings is 1. The average molecular weight is 489 g/mol. The highest BCUT2D eigenvalue weighted by atomic mass is 16.6. The molecule has 2 heterocycles. The Balaban J connectivity index is 1.27. The quantitative estimate of drug-likeness (QED) is 0.377. The van der Waals surface area contributed by atoms with Crippen LogP contribution in [0.25, 0.3) is 0 Å². The molecular weight excluding hydrogens is 448 g/mol. The molecule has 1 N–H and O–H groups in total. The molecule has 0 spiro atoms. The van der Waals surface area contributed by atoms with Crippen molar-refractivity contribution in [1.29, 1.82) is 0 Å². The number of ether oxygens (including phenoxy) is 4. The average Bonchev–Trinajstić information content (AvgIpc) is 3.71. The molecule has 8 heteroatoms. The summed E-state index contributed by atoms with van der Waals surface area (Å²) in [7, 11) is 4.80.